The predicted octanol–water partition coefficient (Wildman–Crippen LogP) is 0.388. The molecule has 2 aliphatic heterocycles. The van der Waals surface area contributed by atoms with Gasteiger partial charge in [0.05, 0.1) is 12.4 Å². The molecule has 0 unspecified atom stereocenters. The lowest BCUT2D eigenvalue weighted by Gasteiger charge is -2.07. The SMILES string of the molecule is C1=NC2=C[N]C=C2OC1. The zero-order valence-electron chi connectivity index (χ0n) is 4.74. The van der Waals surface area contributed by atoms with Gasteiger partial charge in [0.2, 0.25) is 0 Å². The van der Waals surface area contributed by atoms with Gasteiger partial charge in [0.15, 0.2) is 5.76 Å². The van der Waals surface area contributed by atoms with Gasteiger partial charge in [-0.3, -0.25) is 10.3 Å². The van der Waals surface area contributed by atoms with Crippen LogP contribution < -0.4 is 5.32 Å². The third kappa shape index (κ3) is 0.614. The molecule has 0 bridgehead atoms. The molecule has 2 rings (SSSR count). The predicted molar refractivity (Wildman–Crippen MR) is 32.7 cm³/mol. The van der Waals surface area contributed by atoms with Crippen LogP contribution in [-0.2, 0) is 4.74 Å². The molecule has 0 fully saturated rings. The topological polar surface area (TPSA) is 35.7 Å². The molecule has 0 atom stereocenters. The fourth-order valence-corrected chi connectivity index (χ4v) is 0.776. The molecule has 0 aromatic heterocycles. The molecule has 0 spiro atoms. The lowest BCUT2D eigenvalue weighted by Crippen LogP contribution is -2.02. The standard InChI is InChI=1S/C6H5N2O/c1-2-9-6-4-7-3-5(6)8-1/h1,3-4H,2H2. The molecule has 0 amide bonds. The van der Waals surface area contributed by atoms with E-state index in [9.17, 15) is 0 Å². The van der Waals surface area contributed by atoms with Gasteiger partial charge in [0.1, 0.15) is 12.3 Å². The molecule has 0 aliphatic carbocycles. The summed E-state index contributed by atoms with van der Waals surface area (Å²) in [6.45, 7) is 0.568. The fraction of sp³-hybridized carbons (Fsp3) is 0.167. The maximum absolute atomic E-state index is 5.15. The molecule has 0 saturated heterocycles. The smallest absolute Gasteiger partial charge is 0.165 e. The van der Waals surface area contributed by atoms with Crippen LogP contribution in [0.15, 0.2) is 28.8 Å². The molecule has 3 nitrogen and oxygen atoms in total. The number of fused-ring (bicyclic) bond motifs is 1. The summed E-state index contributed by atoms with van der Waals surface area (Å²) >= 11 is 0. The monoisotopic (exact) mass is 121 g/mol. The molecule has 0 saturated carbocycles. The van der Waals surface area contributed by atoms with E-state index in [1.165, 1.54) is 0 Å². The molecule has 45 valence electrons. The van der Waals surface area contributed by atoms with Gasteiger partial charge < -0.3 is 4.74 Å². The first-order valence-corrected chi connectivity index (χ1v) is 2.73. The summed E-state index contributed by atoms with van der Waals surface area (Å²) < 4.78 is 5.15. The Morgan fingerprint density at radius 1 is 1.44 bits per heavy atom. The minimum Gasteiger partial charge on any atom is -0.484 e. The first-order valence-electron chi connectivity index (χ1n) is 2.73. The van der Waals surface area contributed by atoms with E-state index in [0.29, 0.717) is 6.61 Å². The molecule has 2 heterocycles. The molecule has 0 N–H and O–H groups in total. The van der Waals surface area contributed by atoms with Crippen molar-refractivity contribution in [1.29, 1.82) is 0 Å². The Morgan fingerprint density at radius 2 is 2.44 bits per heavy atom. The molecule has 9 heavy (non-hydrogen) atoms. The lowest BCUT2D eigenvalue weighted by atomic mass is 10.4. The van der Waals surface area contributed by atoms with E-state index in [4.69, 9.17) is 4.74 Å². The van der Waals surface area contributed by atoms with Gasteiger partial charge in [-0.1, -0.05) is 0 Å². The molecule has 1 radical (unpaired) electrons. The van der Waals surface area contributed by atoms with Crippen LogP contribution in [0.5, 0.6) is 0 Å². The van der Waals surface area contributed by atoms with Crippen LogP contribution in [0, 0.1) is 0 Å². The molecule has 2 aliphatic rings. The van der Waals surface area contributed by atoms with Gasteiger partial charge in [-0.05, 0) is 0 Å². The van der Waals surface area contributed by atoms with Crippen molar-refractivity contribution in [2.24, 2.45) is 4.99 Å². The summed E-state index contributed by atoms with van der Waals surface area (Å²) in [5.41, 5.74) is 0.834. The van der Waals surface area contributed by atoms with Gasteiger partial charge in [-0.2, -0.15) is 0 Å². The summed E-state index contributed by atoms with van der Waals surface area (Å²) in [6, 6.07) is 0. The Labute approximate surface area is 52.7 Å². The van der Waals surface area contributed by atoms with Crippen LogP contribution >= 0.6 is 0 Å². The van der Waals surface area contributed by atoms with Crippen molar-refractivity contribution in [1.82, 2.24) is 5.32 Å². The molecule has 0 aromatic carbocycles. The number of rotatable bonds is 0. The number of nitrogens with zero attached hydrogens (tertiary/aromatic N) is 2. The highest BCUT2D eigenvalue weighted by atomic mass is 16.5. The quantitative estimate of drug-likeness (QED) is 0.456. The average Bonchev–Trinajstić information content (AvgIpc) is 2.33. The van der Waals surface area contributed by atoms with Crippen molar-refractivity contribution < 1.29 is 4.74 Å². The first kappa shape index (κ1) is 4.61. The maximum atomic E-state index is 5.15. The fourth-order valence-electron chi connectivity index (χ4n) is 0.776. The van der Waals surface area contributed by atoms with E-state index in [1.807, 2.05) is 0 Å². The second-order valence-electron chi connectivity index (χ2n) is 1.78. The van der Waals surface area contributed by atoms with Crippen molar-refractivity contribution >= 4 is 6.21 Å². The van der Waals surface area contributed by atoms with Crippen molar-refractivity contribution in [2.75, 3.05) is 6.61 Å². The van der Waals surface area contributed by atoms with Crippen molar-refractivity contribution in [3.8, 4) is 0 Å². The van der Waals surface area contributed by atoms with Crippen LogP contribution in [0.1, 0.15) is 0 Å². The molecular weight excluding hydrogens is 116 g/mol. The van der Waals surface area contributed by atoms with E-state index >= 15 is 0 Å². The molecular formula is C6H5N2O. The van der Waals surface area contributed by atoms with Gasteiger partial charge in [-0.25, -0.2) is 0 Å². The number of aliphatic imine (C=N–C) groups is 1. The largest absolute Gasteiger partial charge is 0.484 e. The second-order valence-corrected chi connectivity index (χ2v) is 1.78. The van der Waals surface area contributed by atoms with Crippen molar-refractivity contribution in [3.63, 3.8) is 0 Å². The summed E-state index contributed by atoms with van der Waals surface area (Å²) in [4.78, 5) is 4.04. The third-order valence-electron chi connectivity index (χ3n) is 1.18. The third-order valence-corrected chi connectivity index (χ3v) is 1.18. The van der Waals surface area contributed by atoms with Gasteiger partial charge in [0, 0.05) is 6.21 Å². The van der Waals surface area contributed by atoms with Gasteiger partial charge in [-0.15, -0.1) is 0 Å². The minimum absolute atomic E-state index is 0.568. The Bertz CT molecular complexity index is 215. The summed E-state index contributed by atoms with van der Waals surface area (Å²) in [5, 5.41) is 3.87. The highest BCUT2D eigenvalue weighted by molar-refractivity contribution is 5.64. The Kier molecular flexibility index (Phi) is 0.828. The molecule has 3 heteroatoms. The zero-order chi connectivity index (χ0) is 6.10. The lowest BCUT2D eigenvalue weighted by molar-refractivity contribution is 0.264. The summed E-state index contributed by atoms with van der Waals surface area (Å²) in [7, 11) is 0. The van der Waals surface area contributed by atoms with E-state index in [0.717, 1.165) is 11.5 Å². The highest BCUT2D eigenvalue weighted by Gasteiger charge is 2.13. The Morgan fingerprint density at radius 3 is 3.33 bits per heavy atom. The van der Waals surface area contributed by atoms with E-state index in [-0.39, 0.29) is 0 Å². The van der Waals surface area contributed by atoms with Crippen LogP contribution in [0.2, 0.25) is 0 Å². The second kappa shape index (κ2) is 1.62. The highest BCUT2D eigenvalue weighted by Crippen LogP contribution is 2.18. The average molecular weight is 121 g/mol. The summed E-state index contributed by atoms with van der Waals surface area (Å²) in [6.07, 6.45) is 5.08. The molecule has 0 aromatic rings. The summed E-state index contributed by atoms with van der Waals surface area (Å²) in [5.74, 6) is 0.789. The maximum Gasteiger partial charge on any atom is 0.165 e. The number of ether oxygens (including phenoxy) is 1. The first-order chi connectivity index (χ1) is 4.47. The Hall–Kier alpha value is -1.25. The number of hydrogen-bond donors (Lipinski definition) is 0. The van der Waals surface area contributed by atoms with Crippen LogP contribution in [0.3, 0.4) is 0 Å². The van der Waals surface area contributed by atoms with Crippen LogP contribution in [-0.4, -0.2) is 12.8 Å². The normalized spacial score (nSPS) is 21.3. The van der Waals surface area contributed by atoms with E-state index < -0.39 is 0 Å². The zero-order valence-corrected chi connectivity index (χ0v) is 4.74. The van der Waals surface area contributed by atoms with E-state index in [2.05, 4.69) is 10.3 Å². The van der Waals surface area contributed by atoms with Gasteiger partial charge >= 0.3 is 0 Å². The van der Waals surface area contributed by atoms with Gasteiger partial charge in [0.25, 0.3) is 0 Å². The van der Waals surface area contributed by atoms with Crippen LogP contribution in [0.4, 0.5) is 0 Å². The number of hydrogen-bond acceptors (Lipinski definition) is 2. The van der Waals surface area contributed by atoms with Crippen LogP contribution in [0.25, 0.3) is 0 Å². The minimum atomic E-state index is 0.568. The Balaban J connectivity index is 2.39. The van der Waals surface area contributed by atoms with Crippen molar-refractivity contribution in [3.05, 3.63) is 23.9 Å². The van der Waals surface area contributed by atoms with Crippen molar-refractivity contribution in [2.45, 2.75) is 0 Å². The van der Waals surface area contributed by atoms with E-state index in [1.54, 1.807) is 18.6 Å².